The maximum absolute atomic E-state index is 13.3. The summed E-state index contributed by atoms with van der Waals surface area (Å²) in [6, 6.07) is 6.44. The van der Waals surface area contributed by atoms with E-state index in [-0.39, 0.29) is 5.56 Å². The normalized spacial score (nSPS) is 15.8. The summed E-state index contributed by atoms with van der Waals surface area (Å²) in [7, 11) is 0. The van der Waals surface area contributed by atoms with Gasteiger partial charge in [-0.2, -0.15) is 5.26 Å². The van der Waals surface area contributed by atoms with E-state index in [0.29, 0.717) is 0 Å². The van der Waals surface area contributed by atoms with Crippen molar-refractivity contribution in [2.45, 2.75) is 12.8 Å². The van der Waals surface area contributed by atoms with Gasteiger partial charge in [-0.25, -0.2) is 4.39 Å². The molecule has 17 heavy (non-hydrogen) atoms. The smallest absolute Gasteiger partial charge is 0.143 e. The molecule has 1 aliphatic heterocycles. The minimum Gasteiger partial charge on any atom is -0.384 e. The number of nitriles is 1. The summed E-state index contributed by atoms with van der Waals surface area (Å²) < 4.78 is 13.3. The number of rotatable bonds is 4. The number of likely N-dealkylation sites (tertiary alicyclic amines) is 1. The molecule has 0 radical (unpaired) electrons. The van der Waals surface area contributed by atoms with E-state index in [1.54, 1.807) is 6.07 Å². The molecule has 1 aromatic rings. The molecule has 0 aliphatic carbocycles. The lowest BCUT2D eigenvalue weighted by Gasteiger charge is -2.15. The van der Waals surface area contributed by atoms with Crippen molar-refractivity contribution in [3.63, 3.8) is 0 Å². The van der Waals surface area contributed by atoms with Crippen molar-refractivity contribution in [3.05, 3.63) is 29.6 Å². The van der Waals surface area contributed by atoms with Crippen LogP contribution in [0.3, 0.4) is 0 Å². The number of anilines is 1. The van der Waals surface area contributed by atoms with Crippen LogP contribution in [0.25, 0.3) is 0 Å². The van der Waals surface area contributed by atoms with Crippen molar-refractivity contribution in [3.8, 4) is 6.07 Å². The van der Waals surface area contributed by atoms with Crippen LogP contribution in [-0.2, 0) is 0 Å². The topological polar surface area (TPSA) is 39.1 Å². The van der Waals surface area contributed by atoms with E-state index >= 15 is 0 Å². The Labute approximate surface area is 101 Å². The molecular weight excluding hydrogens is 217 g/mol. The second-order valence-corrected chi connectivity index (χ2v) is 4.28. The molecule has 1 heterocycles. The molecule has 3 nitrogen and oxygen atoms in total. The molecule has 0 amide bonds. The predicted molar refractivity (Wildman–Crippen MR) is 65.3 cm³/mol. The Morgan fingerprint density at radius 1 is 1.35 bits per heavy atom. The Bertz CT molecular complexity index is 419. The summed E-state index contributed by atoms with van der Waals surface area (Å²) in [4.78, 5) is 2.40. The molecule has 0 saturated carbocycles. The molecule has 1 N–H and O–H groups in total. The van der Waals surface area contributed by atoms with Crippen molar-refractivity contribution >= 4 is 5.69 Å². The van der Waals surface area contributed by atoms with Gasteiger partial charge in [-0.05, 0) is 44.1 Å². The van der Waals surface area contributed by atoms with Crippen LogP contribution in [-0.4, -0.2) is 31.1 Å². The third kappa shape index (κ3) is 3.18. The first-order valence-corrected chi connectivity index (χ1v) is 5.95. The number of halogens is 1. The highest BCUT2D eigenvalue weighted by atomic mass is 19.1. The van der Waals surface area contributed by atoms with E-state index in [1.165, 1.54) is 38.1 Å². The van der Waals surface area contributed by atoms with Gasteiger partial charge < -0.3 is 10.2 Å². The minimum atomic E-state index is -0.460. The number of benzene rings is 1. The fourth-order valence-electron chi connectivity index (χ4n) is 2.08. The van der Waals surface area contributed by atoms with Gasteiger partial charge in [-0.3, -0.25) is 0 Å². The predicted octanol–water partition coefficient (Wildman–Crippen LogP) is 2.21. The molecule has 1 fully saturated rings. The number of nitrogens with zero attached hydrogens (tertiary/aromatic N) is 2. The van der Waals surface area contributed by atoms with Crippen molar-refractivity contribution in [2.75, 3.05) is 31.5 Å². The maximum atomic E-state index is 13.3. The zero-order valence-corrected chi connectivity index (χ0v) is 9.75. The fourth-order valence-corrected chi connectivity index (χ4v) is 2.08. The average molecular weight is 233 g/mol. The van der Waals surface area contributed by atoms with Crippen molar-refractivity contribution < 1.29 is 4.39 Å². The highest BCUT2D eigenvalue weighted by molar-refractivity contribution is 5.48. The van der Waals surface area contributed by atoms with Gasteiger partial charge in [-0.15, -0.1) is 0 Å². The van der Waals surface area contributed by atoms with Crippen LogP contribution in [0.5, 0.6) is 0 Å². The SMILES string of the molecule is N#Cc1ccc(NCCN2CCCC2)cc1F. The molecule has 0 spiro atoms. The van der Waals surface area contributed by atoms with Crippen LogP contribution >= 0.6 is 0 Å². The van der Waals surface area contributed by atoms with Crippen molar-refractivity contribution in [2.24, 2.45) is 0 Å². The van der Waals surface area contributed by atoms with Gasteiger partial charge in [0.2, 0.25) is 0 Å². The molecule has 90 valence electrons. The molecule has 1 aromatic carbocycles. The minimum absolute atomic E-state index is 0.0927. The van der Waals surface area contributed by atoms with E-state index in [1.807, 2.05) is 6.07 Å². The lowest BCUT2D eigenvalue weighted by molar-refractivity contribution is 0.352. The average Bonchev–Trinajstić information content (AvgIpc) is 2.82. The molecule has 0 aromatic heterocycles. The van der Waals surface area contributed by atoms with Gasteiger partial charge in [-0.1, -0.05) is 0 Å². The largest absolute Gasteiger partial charge is 0.384 e. The third-order valence-corrected chi connectivity index (χ3v) is 3.05. The summed E-state index contributed by atoms with van der Waals surface area (Å²) in [5, 5.41) is 11.8. The maximum Gasteiger partial charge on any atom is 0.143 e. The fraction of sp³-hybridized carbons (Fsp3) is 0.462. The first-order valence-electron chi connectivity index (χ1n) is 5.95. The molecule has 1 aliphatic rings. The summed E-state index contributed by atoms with van der Waals surface area (Å²) in [6.45, 7) is 4.14. The Morgan fingerprint density at radius 3 is 2.76 bits per heavy atom. The van der Waals surface area contributed by atoms with Crippen LogP contribution in [0.15, 0.2) is 18.2 Å². The van der Waals surface area contributed by atoms with Crippen LogP contribution in [0, 0.1) is 17.1 Å². The molecule has 2 rings (SSSR count). The number of nitrogens with one attached hydrogen (secondary N) is 1. The summed E-state index contributed by atoms with van der Waals surface area (Å²) in [5.74, 6) is -0.460. The second-order valence-electron chi connectivity index (χ2n) is 4.28. The Balaban J connectivity index is 1.82. The summed E-state index contributed by atoms with van der Waals surface area (Å²) in [5.41, 5.74) is 0.829. The first-order chi connectivity index (χ1) is 8.29. The number of hydrogen-bond donors (Lipinski definition) is 1. The van der Waals surface area contributed by atoms with E-state index in [0.717, 1.165) is 18.8 Å². The Hall–Kier alpha value is -1.60. The summed E-state index contributed by atoms with van der Waals surface area (Å²) in [6.07, 6.45) is 2.57. The van der Waals surface area contributed by atoms with Crippen LogP contribution in [0.1, 0.15) is 18.4 Å². The van der Waals surface area contributed by atoms with Crippen molar-refractivity contribution in [1.29, 1.82) is 5.26 Å². The standard InChI is InChI=1S/C13H16FN3/c14-13-9-12(4-3-11(13)10-15)16-5-8-17-6-1-2-7-17/h3-4,9,16H,1-2,5-8H2. The van der Waals surface area contributed by atoms with Gasteiger partial charge in [0.15, 0.2) is 0 Å². The highest BCUT2D eigenvalue weighted by Gasteiger charge is 2.10. The van der Waals surface area contributed by atoms with Gasteiger partial charge in [0.05, 0.1) is 5.56 Å². The van der Waals surface area contributed by atoms with Crippen molar-refractivity contribution in [1.82, 2.24) is 4.90 Å². The quantitative estimate of drug-likeness (QED) is 0.866. The van der Waals surface area contributed by atoms with E-state index in [4.69, 9.17) is 5.26 Å². The van der Waals surface area contributed by atoms with Gasteiger partial charge >= 0.3 is 0 Å². The second kappa shape index (κ2) is 5.65. The lowest BCUT2D eigenvalue weighted by atomic mass is 10.2. The third-order valence-electron chi connectivity index (χ3n) is 3.05. The summed E-state index contributed by atoms with van der Waals surface area (Å²) >= 11 is 0. The molecule has 0 bridgehead atoms. The number of hydrogen-bond acceptors (Lipinski definition) is 3. The van der Waals surface area contributed by atoms with E-state index in [9.17, 15) is 4.39 Å². The first kappa shape index (κ1) is 11.9. The molecule has 4 heteroatoms. The Kier molecular flexibility index (Phi) is 3.94. The molecule has 0 atom stereocenters. The van der Waals surface area contributed by atoms with Gasteiger partial charge in [0, 0.05) is 18.8 Å². The van der Waals surface area contributed by atoms with Gasteiger partial charge in [0.25, 0.3) is 0 Å². The van der Waals surface area contributed by atoms with Crippen LogP contribution < -0.4 is 5.32 Å². The zero-order valence-electron chi connectivity index (χ0n) is 9.75. The van der Waals surface area contributed by atoms with E-state index in [2.05, 4.69) is 10.2 Å². The highest BCUT2D eigenvalue weighted by Crippen LogP contribution is 2.13. The van der Waals surface area contributed by atoms with E-state index < -0.39 is 5.82 Å². The molecular formula is C13H16FN3. The zero-order chi connectivity index (χ0) is 12.1. The Morgan fingerprint density at radius 2 is 2.12 bits per heavy atom. The van der Waals surface area contributed by atoms with Gasteiger partial charge in [0.1, 0.15) is 11.9 Å². The molecule has 1 saturated heterocycles. The van der Waals surface area contributed by atoms with Crippen LogP contribution in [0.2, 0.25) is 0 Å². The van der Waals surface area contributed by atoms with Crippen LogP contribution in [0.4, 0.5) is 10.1 Å². The monoisotopic (exact) mass is 233 g/mol. The molecule has 0 unspecified atom stereocenters. The lowest BCUT2D eigenvalue weighted by Crippen LogP contribution is -2.25.